The fraction of sp³-hybridized carbons (Fsp3) is 0.125. The van der Waals surface area contributed by atoms with E-state index in [-0.39, 0.29) is 5.78 Å². The van der Waals surface area contributed by atoms with Crippen molar-refractivity contribution in [2.45, 2.75) is 0 Å². The smallest absolute Gasteiger partial charge is 0.200 e. The van der Waals surface area contributed by atoms with Crippen LogP contribution in [0, 0.1) is 0 Å². The van der Waals surface area contributed by atoms with Gasteiger partial charge >= 0.3 is 0 Å². The number of carbonyl (C=O) groups excluding carboxylic acids is 2. The highest BCUT2D eigenvalue weighted by molar-refractivity contribution is 6.12. The lowest BCUT2D eigenvalue weighted by Gasteiger charge is -2.12. The van der Waals surface area contributed by atoms with Crippen molar-refractivity contribution in [1.82, 2.24) is 0 Å². The van der Waals surface area contributed by atoms with Crippen molar-refractivity contribution in [3.05, 3.63) is 59.2 Å². The van der Waals surface area contributed by atoms with Gasteiger partial charge in [0.1, 0.15) is 23.3 Å². The van der Waals surface area contributed by atoms with Crippen molar-refractivity contribution in [3.8, 4) is 11.5 Å². The summed E-state index contributed by atoms with van der Waals surface area (Å²) >= 11 is 0. The molecule has 0 radical (unpaired) electrons. The molecule has 4 nitrogen and oxygen atoms in total. The number of aldehydes is 1. The monoisotopic (exact) mass is 270 g/mol. The van der Waals surface area contributed by atoms with E-state index in [0.29, 0.717) is 28.2 Å². The average Bonchev–Trinajstić information content (AvgIpc) is 2.53. The molecule has 2 rings (SSSR count). The lowest BCUT2D eigenvalue weighted by molar-refractivity contribution is 0.103. The van der Waals surface area contributed by atoms with E-state index in [9.17, 15) is 9.59 Å². The van der Waals surface area contributed by atoms with Crippen LogP contribution in [0.3, 0.4) is 0 Å². The first-order valence-corrected chi connectivity index (χ1v) is 6.02. The number of hydrogen-bond donors (Lipinski definition) is 0. The van der Waals surface area contributed by atoms with Crippen LogP contribution < -0.4 is 9.47 Å². The zero-order valence-corrected chi connectivity index (χ0v) is 11.3. The van der Waals surface area contributed by atoms with Crippen LogP contribution in [0.2, 0.25) is 0 Å². The Labute approximate surface area is 116 Å². The van der Waals surface area contributed by atoms with Crippen molar-refractivity contribution >= 4 is 12.1 Å². The van der Waals surface area contributed by atoms with Crippen molar-refractivity contribution in [3.63, 3.8) is 0 Å². The minimum absolute atomic E-state index is 0.211. The Morgan fingerprint density at radius 1 is 0.950 bits per heavy atom. The Morgan fingerprint density at radius 3 is 1.95 bits per heavy atom. The molecule has 0 saturated heterocycles. The minimum Gasteiger partial charge on any atom is -0.496 e. The van der Waals surface area contributed by atoms with Crippen LogP contribution in [0.15, 0.2) is 42.5 Å². The van der Waals surface area contributed by atoms with Crippen molar-refractivity contribution in [2.24, 2.45) is 0 Å². The van der Waals surface area contributed by atoms with Crippen LogP contribution in [0.25, 0.3) is 0 Å². The molecule has 102 valence electrons. The Bertz CT molecular complexity index is 607. The third-order valence-electron chi connectivity index (χ3n) is 2.96. The summed E-state index contributed by atoms with van der Waals surface area (Å²) in [6.45, 7) is 0. The minimum atomic E-state index is -0.211. The summed E-state index contributed by atoms with van der Waals surface area (Å²) in [6.07, 6.45) is 0.734. The Balaban J connectivity index is 2.48. The third-order valence-corrected chi connectivity index (χ3v) is 2.96. The van der Waals surface area contributed by atoms with Crippen molar-refractivity contribution in [2.75, 3.05) is 14.2 Å². The summed E-state index contributed by atoms with van der Waals surface area (Å²) in [6, 6.07) is 11.6. The van der Waals surface area contributed by atoms with E-state index in [1.54, 1.807) is 42.5 Å². The van der Waals surface area contributed by atoms with Gasteiger partial charge in [-0.05, 0) is 12.1 Å². The van der Waals surface area contributed by atoms with Gasteiger partial charge in [-0.1, -0.05) is 30.3 Å². The number of methoxy groups -OCH3 is 2. The molecule has 0 saturated carbocycles. The maximum atomic E-state index is 12.6. The predicted octanol–water partition coefficient (Wildman–Crippen LogP) is 2.75. The quantitative estimate of drug-likeness (QED) is 0.619. The molecule has 0 heterocycles. The molecule has 4 heteroatoms. The zero-order chi connectivity index (χ0) is 14.5. The normalized spacial score (nSPS) is 9.90. The van der Waals surface area contributed by atoms with Crippen LogP contribution in [0.1, 0.15) is 26.3 Å². The van der Waals surface area contributed by atoms with E-state index < -0.39 is 0 Å². The summed E-state index contributed by atoms with van der Waals surface area (Å²) < 4.78 is 10.4. The molecule has 0 atom stereocenters. The van der Waals surface area contributed by atoms with E-state index >= 15 is 0 Å². The molecule has 2 aromatic carbocycles. The Kier molecular flexibility index (Phi) is 4.15. The van der Waals surface area contributed by atoms with Gasteiger partial charge in [0.2, 0.25) is 5.78 Å². The molecular weight excluding hydrogens is 256 g/mol. The lowest BCUT2D eigenvalue weighted by atomic mass is 10.0. The first-order chi connectivity index (χ1) is 9.71. The molecule has 0 aliphatic rings. The highest BCUT2D eigenvalue weighted by Crippen LogP contribution is 2.30. The predicted molar refractivity (Wildman–Crippen MR) is 74.8 cm³/mol. The van der Waals surface area contributed by atoms with Crippen LogP contribution in [0.5, 0.6) is 11.5 Å². The second-order valence-corrected chi connectivity index (χ2v) is 4.11. The number of ketones is 1. The molecule has 0 N–H and O–H groups in total. The molecular formula is C16H14O4. The van der Waals surface area contributed by atoms with Gasteiger partial charge in [0, 0.05) is 11.1 Å². The van der Waals surface area contributed by atoms with Crippen LogP contribution in [0.4, 0.5) is 0 Å². The zero-order valence-electron chi connectivity index (χ0n) is 11.3. The Morgan fingerprint density at radius 2 is 1.50 bits per heavy atom. The number of hydrogen-bond acceptors (Lipinski definition) is 4. The molecule has 20 heavy (non-hydrogen) atoms. The van der Waals surface area contributed by atoms with Crippen LogP contribution >= 0.6 is 0 Å². The van der Waals surface area contributed by atoms with Gasteiger partial charge in [-0.3, -0.25) is 9.59 Å². The van der Waals surface area contributed by atoms with Gasteiger partial charge in [-0.2, -0.15) is 0 Å². The van der Waals surface area contributed by atoms with E-state index in [1.165, 1.54) is 14.2 Å². The summed E-state index contributed by atoms with van der Waals surface area (Å²) in [4.78, 5) is 23.2. The standard InChI is InChI=1S/C16H14O4/c1-19-13-4-3-5-14(20-2)15(13)16(18)12-8-6-11(10-17)7-9-12/h3-10H,1-2H3. The van der Waals surface area contributed by atoms with Gasteiger partial charge < -0.3 is 9.47 Å². The van der Waals surface area contributed by atoms with E-state index in [2.05, 4.69) is 0 Å². The number of rotatable bonds is 5. The van der Waals surface area contributed by atoms with E-state index in [0.717, 1.165) is 6.29 Å². The first-order valence-electron chi connectivity index (χ1n) is 6.02. The first kappa shape index (κ1) is 13.8. The molecule has 0 unspecified atom stereocenters. The summed E-state index contributed by atoms with van der Waals surface area (Å²) in [5.41, 5.74) is 1.36. The number of ether oxygens (including phenoxy) is 2. The molecule has 0 aliphatic carbocycles. The second kappa shape index (κ2) is 6.02. The van der Waals surface area contributed by atoms with Crippen molar-refractivity contribution in [1.29, 1.82) is 0 Å². The van der Waals surface area contributed by atoms with E-state index in [4.69, 9.17) is 9.47 Å². The molecule has 0 amide bonds. The third kappa shape index (κ3) is 2.54. The SMILES string of the molecule is COc1cccc(OC)c1C(=O)c1ccc(C=O)cc1. The molecule has 2 aromatic rings. The lowest BCUT2D eigenvalue weighted by Crippen LogP contribution is -2.06. The molecule has 0 spiro atoms. The average molecular weight is 270 g/mol. The summed E-state index contributed by atoms with van der Waals surface area (Å²) in [5.74, 6) is 0.694. The van der Waals surface area contributed by atoms with Gasteiger partial charge in [0.05, 0.1) is 14.2 Å². The highest BCUT2D eigenvalue weighted by Gasteiger charge is 2.19. The largest absolute Gasteiger partial charge is 0.496 e. The van der Waals surface area contributed by atoms with Gasteiger partial charge in [0.15, 0.2) is 0 Å². The topological polar surface area (TPSA) is 52.6 Å². The maximum absolute atomic E-state index is 12.6. The van der Waals surface area contributed by atoms with Gasteiger partial charge in [-0.15, -0.1) is 0 Å². The highest BCUT2D eigenvalue weighted by atomic mass is 16.5. The maximum Gasteiger partial charge on any atom is 0.200 e. The second-order valence-electron chi connectivity index (χ2n) is 4.11. The Hall–Kier alpha value is -2.62. The van der Waals surface area contributed by atoms with Crippen LogP contribution in [-0.2, 0) is 0 Å². The molecule has 0 bridgehead atoms. The van der Waals surface area contributed by atoms with E-state index in [1.807, 2.05) is 0 Å². The number of carbonyl (C=O) groups is 2. The molecule has 0 aromatic heterocycles. The molecule has 0 aliphatic heterocycles. The number of benzene rings is 2. The van der Waals surface area contributed by atoms with Crippen LogP contribution in [-0.4, -0.2) is 26.3 Å². The van der Waals surface area contributed by atoms with Crippen molar-refractivity contribution < 1.29 is 19.1 Å². The fourth-order valence-corrected chi connectivity index (χ4v) is 1.93. The fourth-order valence-electron chi connectivity index (χ4n) is 1.93. The molecule has 0 fully saturated rings. The summed E-state index contributed by atoms with van der Waals surface area (Å²) in [7, 11) is 3.00. The summed E-state index contributed by atoms with van der Waals surface area (Å²) in [5, 5.41) is 0. The van der Waals surface area contributed by atoms with Gasteiger partial charge in [-0.25, -0.2) is 0 Å². The van der Waals surface area contributed by atoms with Gasteiger partial charge in [0.25, 0.3) is 0 Å².